The Labute approximate surface area is 201 Å². The van der Waals surface area contributed by atoms with E-state index in [0.29, 0.717) is 36.8 Å². The van der Waals surface area contributed by atoms with Crippen molar-refractivity contribution in [2.24, 2.45) is 0 Å². The van der Waals surface area contributed by atoms with E-state index in [1.165, 1.54) is 16.8 Å². The zero-order valence-electron chi connectivity index (χ0n) is 19.8. The van der Waals surface area contributed by atoms with Crippen LogP contribution in [0.5, 0.6) is 0 Å². The molecule has 1 unspecified atom stereocenters. The molecule has 1 amide bonds. The molecule has 4 heterocycles. The lowest BCUT2D eigenvalue weighted by Crippen LogP contribution is -2.35. The normalized spacial score (nSPS) is 15.9. The molecular weight excluding hydrogens is 457 g/mol. The molecule has 3 N–H and O–H groups in total. The molecule has 1 aliphatic rings. The van der Waals surface area contributed by atoms with Gasteiger partial charge in [-0.1, -0.05) is 0 Å². The number of nitrogens with one attached hydrogen (secondary N) is 2. The molecular formula is C23H28FN7O4. The molecule has 3 aromatic rings. The van der Waals surface area contributed by atoms with Crippen molar-refractivity contribution in [1.82, 2.24) is 24.9 Å². The summed E-state index contributed by atoms with van der Waals surface area (Å²) in [5.41, 5.74) is 0.321. The highest BCUT2D eigenvalue weighted by molar-refractivity contribution is 5.94. The minimum absolute atomic E-state index is 0.00913. The summed E-state index contributed by atoms with van der Waals surface area (Å²) in [5.74, 6) is -0.490. The zero-order valence-corrected chi connectivity index (χ0v) is 19.8. The Morgan fingerprint density at radius 3 is 2.83 bits per heavy atom. The molecule has 0 aliphatic carbocycles. The van der Waals surface area contributed by atoms with E-state index in [9.17, 15) is 19.1 Å². The van der Waals surface area contributed by atoms with Gasteiger partial charge in [0.2, 0.25) is 0 Å². The predicted molar refractivity (Wildman–Crippen MR) is 126 cm³/mol. The fraction of sp³-hybridized carbons (Fsp3) is 0.435. The average molecular weight is 486 g/mol. The fourth-order valence-corrected chi connectivity index (χ4v) is 4.05. The Morgan fingerprint density at radius 1 is 1.29 bits per heavy atom. The number of carboxylic acid groups (broad SMARTS) is 1. The molecule has 0 bridgehead atoms. The van der Waals surface area contributed by atoms with Gasteiger partial charge in [0.1, 0.15) is 28.6 Å². The number of carbonyl (C=O) groups is 2. The Morgan fingerprint density at radius 2 is 2.09 bits per heavy atom. The van der Waals surface area contributed by atoms with Gasteiger partial charge in [-0.05, 0) is 45.7 Å². The van der Waals surface area contributed by atoms with Gasteiger partial charge in [0.25, 0.3) is 0 Å². The summed E-state index contributed by atoms with van der Waals surface area (Å²) in [6.07, 6.45) is 5.13. The van der Waals surface area contributed by atoms with Crippen LogP contribution in [0.15, 0.2) is 30.7 Å². The van der Waals surface area contributed by atoms with Crippen molar-refractivity contribution in [2.75, 3.05) is 29.9 Å². The van der Waals surface area contributed by atoms with E-state index < -0.39 is 23.5 Å². The number of nitrogens with zero attached hydrogens (tertiary/aromatic N) is 5. The first-order valence-electron chi connectivity index (χ1n) is 11.3. The van der Waals surface area contributed by atoms with Crippen molar-refractivity contribution >= 4 is 29.3 Å². The Hall–Kier alpha value is -3.96. The van der Waals surface area contributed by atoms with Gasteiger partial charge in [-0.15, -0.1) is 0 Å². The van der Waals surface area contributed by atoms with Crippen LogP contribution >= 0.6 is 0 Å². The smallest absolute Gasteiger partial charge is 0.407 e. The molecule has 1 aliphatic heterocycles. The molecule has 186 valence electrons. The van der Waals surface area contributed by atoms with Gasteiger partial charge in [0, 0.05) is 31.4 Å². The first kappa shape index (κ1) is 24.2. The number of amides is 1. The molecule has 3 aromatic heterocycles. The second-order valence-electron chi connectivity index (χ2n) is 9.22. The highest BCUT2D eigenvalue weighted by atomic mass is 19.1. The van der Waals surface area contributed by atoms with Crippen LogP contribution in [0.3, 0.4) is 0 Å². The Kier molecular flexibility index (Phi) is 6.72. The third kappa shape index (κ3) is 5.58. The molecule has 0 saturated carbocycles. The predicted octanol–water partition coefficient (Wildman–Crippen LogP) is 3.24. The molecule has 4 rings (SSSR count). The number of hydrogen-bond acceptors (Lipinski definition) is 8. The minimum Gasteiger partial charge on any atom is -0.477 e. The number of hydrogen-bond donors (Lipinski definition) is 3. The van der Waals surface area contributed by atoms with Gasteiger partial charge in [-0.2, -0.15) is 5.10 Å². The maximum absolute atomic E-state index is 14.2. The first-order chi connectivity index (χ1) is 16.6. The van der Waals surface area contributed by atoms with E-state index in [4.69, 9.17) is 4.74 Å². The van der Waals surface area contributed by atoms with E-state index in [1.54, 1.807) is 33.0 Å². The third-order valence-electron chi connectivity index (χ3n) is 5.46. The van der Waals surface area contributed by atoms with Crippen LogP contribution in [-0.4, -0.2) is 62.0 Å². The van der Waals surface area contributed by atoms with Crippen molar-refractivity contribution in [3.63, 3.8) is 0 Å². The van der Waals surface area contributed by atoms with Gasteiger partial charge in [0.15, 0.2) is 5.65 Å². The van der Waals surface area contributed by atoms with E-state index >= 15 is 0 Å². The highest BCUT2D eigenvalue weighted by Crippen LogP contribution is 2.38. The summed E-state index contributed by atoms with van der Waals surface area (Å²) in [6.45, 7) is 6.68. The maximum Gasteiger partial charge on any atom is 0.407 e. The molecule has 1 atom stereocenters. The molecule has 0 spiro atoms. The Bertz CT molecular complexity index is 1240. The molecule has 1 saturated heterocycles. The second-order valence-corrected chi connectivity index (χ2v) is 9.22. The lowest BCUT2D eigenvalue weighted by molar-refractivity contribution is 0.0529. The van der Waals surface area contributed by atoms with Crippen molar-refractivity contribution in [3.8, 4) is 0 Å². The minimum atomic E-state index is -1.11. The topological polar surface area (TPSA) is 134 Å². The van der Waals surface area contributed by atoms with Crippen LogP contribution < -0.4 is 15.5 Å². The van der Waals surface area contributed by atoms with Crippen LogP contribution in [0.2, 0.25) is 0 Å². The number of alkyl carbamates (subject to hydrolysis) is 1. The van der Waals surface area contributed by atoms with Gasteiger partial charge in [-0.3, -0.25) is 0 Å². The van der Waals surface area contributed by atoms with E-state index in [1.807, 2.05) is 4.90 Å². The monoisotopic (exact) mass is 485 g/mol. The zero-order chi connectivity index (χ0) is 25.2. The standard InChI is InChI=1S/C23H28FN7O4/c1-23(2,3)35-22(34)26-8-7-25-19-15(11-14(24)12-27-19)17-5-4-9-30(17)18-6-10-31-20(29-18)16(13-28-31)21(32)33/h6,10-13,17H,4-5,7-9H2,1-3H3,(H,25,27)(H,26,34)(H,32,33). The number of carboxylic acids is 1. The number of aromatic nitrogens is 4. The molecule has 11 nitrogen and oxygen atoms in total. The van der Waals surface area contributed by atoms with Crippen molar-refractivity contribution in [1.29, 1.82) is 0 Å². The molecule has 12 heteroatoms. The number of anilines is 2. The largest absolute Gasteiger partial charge is 0.477 e. The lowest BCUT2D eigenvalue weighted by atomic mass is 10.0. The quantitative estimate of drug-likeness (QED) is 0.431. The first-order valence-corrected chi connectivity index (χ1v) is 11.3. The van der Waals surface area contributed by atoms with Crippen LogP contribution in [0.25, 0.3) is 5.65 Å². The maximum atomic E-state index is 14.2. The van der Waals surface area contributed by atoms with Gasteiger partial charge >= 0.3 is 12.1 Å². The van der Waals surface area contributed by atoms with Gasteiger partial charge in [-0.25, -0.2) is 28.5 Å². The summed E-state index contributed by atoms with van der Waals surface area (Å²) in [4.78, 5) is 34.2. The summed E-state index contributed by atoms with van der Waals surface area (Å²) in [7, 11) is 0. The van der Waals surface area contributed by atoms with Crippen LogP contribution in [0.4, 0.5) is 20.8 Å². The van der Waals surface area contributed by atoms with E-state index in [0.717, 1.165) is 19.0 Å². The average Bonchev–Trinajstić information content (AvgIpc) is 3.43. The molecule has 0 aromatic carbocycles. The fourth-order valence-electron chi connectivity index (χ4n) is 4.05. The lowest BCUT2D eigenvalue weighted by Gasteiger charge is -2.27. The molecule has 35 heavy (non-hydrogen) atoms. The summed E-state index contributed by atoms with van der Waals surface area (Å²) < 4.78 is 20.8. The van der Waals surface area contributed by atoms with Crippen LogP contribution in [0.1, 0.15) is 55.6 Å². The number of pyridine rings is 1. The second kappa shape index (κ2) is 9.72. The van der Waals surface area contributed by atoms with Gasteiger partial charge in [0.05, 0.1) is 18.4 Å². The number of rotatable bonds is 7. The van der Waals surface area contributed by atoms with Crippen LogP contribution in [-0.2, 0) is 4.74 Å². The number of ether oxygens (including phenoxy) is 1. The summed E-state index contributed by atoms with van der Waals surface area (Å²) >= 11 is 0. The van der Waals surface area contributed by atoms with E-state index in [-0.39, 0.29) is 17.3 Å². The summed E-state index contributed by atoms with van der Waals surface area (Å²) in [6, 6.07) is 2.99. The Balaban J connectivity index is 1.52. The van der Waals surface area contributed by atoms with Gasteiger partial charge < -0.3 is 25.4 Å². The third-order valence-corrected chi connectivity index (χ3v) is 5.46. The van der Waals surface area contributed by atoms with Crippen LogP contribution in [0, 0.1) is 5.82 Å². The molecule has 1 fully saturated rings. The number of aromatic carboxylic acids is 1. The van der Waals surface area contributed by atoms with Crippen molar-refractivity contribution in [3.05, 3.63) is 47.7 Å². The summed E-state index contributed by atoms with van der Waals surface area (Å²) in [5, 5.41) is 19.3. The van der Waals surface area contributed by atoms with Crippen molar-refractivity contribution < 1.29 is 23.8 Å². The number of halogens is 1. The number of carbonyl (C=O) groups excluding carboxylic acids is 1. The highest BCUT2D eigenvalue weighted by Gasteiger charge is 2.30. The number of fused-ring (bicyclic) bond motifs is 1. The van der Waals surface area contributed by atoms with E-state index in [2.05, 4.69) is 25.7 Å². The molecule has 0 radical (unpaired) electrons. The van der Waals surface area contributed by atoms with Crippen molar-refractivity contribution in [2.45, 2.75) is 45.3 Å². The SMILES string of the molecule is CC(C)(C)OC(=O)NCCNc1ncc(F)cc1C1CCCN1c1ccn2ncc(C(=O)O)c2n1.